The number of phenols is 1. The number of rotatable bonds is 1. The number of ether oxygens (including phenoxy) is 1. The molecule has 3 aliphatic heterocycles. The summed E-state index contributed by atoms with van der Waals surface area (Å²) in [4.78, 5) is 15.9. The highest BCUT2D eigenvalue weighted by molar-refractivity contribution is 5.77. The maximum Gasteiger partial charge on any atom is 0.317 e. The second kappa shape index (κ2) is 4.28. The number of aromatic hydroxyl groups is 1. The third-order valence-electron chi connectivity index (χ3n) is 4.46. The van der Waals surface area contributed by atoms with Gasteiger partial charge in [-0.15, -0.1) is 0 Å². The van der Waals surface area contributed by atoms with Gasteiger partial charge in [-0.2, -0.15) is 0 Å². The van der Waals surface area contributed by atoms with Gasteiger partial charge in [-0.1, -0.05) is 0 Å². The first-order chi connectivity index (χ1) is 9.72. The van der Waals surface area contributed by atoms with Gasteiger partial charge in [0.05, 0.1) is 12.1 Å². The summed E-state index contributed by atoms with van der Waals surface area (Å²) < 4.78 is 5.68. The van der Waals surface area contributed by atoms with Crippen LogP contribution in [-0.4, -0.2) is 59.8 Å². The molecule has 6 nitrogen and oxygen atoms in total. The van der Waals surface area contributed by atoms with Crippen LogP contribution in [0.4, 0.5) is 4.79 Å². The van der Waals surface area contributed by atoms with Crippen LogP contribution in [0, 0.1) is 0 Å². The summed E-state index contributed by atoms with van der Waals surface area (Å²) in [6.07, 6.45) is 0. The normalized spacial score (nSPS) is 28.8. The van der Waals surface area contributed by atoms with E-state index in [1.165, 1.54) is 0 Å². The first kappa shape index (κ1) is 11.8. The number of phenolic OH excluding ortho intramolecular Hbond substituents is 1. The molecule has 0 bridgehead atoms. The molecular weight excluding hydrogens is 258 g/mol. The Bertz CT molecular complexity index is 563. The largest absolute Gasteiger partial charge is 0.508 e. The summed E-state index contributed by atoms with van der Waals surface area (Å²) >= 11 is 0. The number of carbonyl (C=O) groups excluding carboxylic acids is 1. The molecule has 2 fully saturated rings. The van der Waals surface area contributed by atoms with E-state index < -0.39 is 0 Å². The summed E-state index contributed by atoms with van der Waals surface area (Å²) in [7, 11) is 0. The van der Waals surface area contributed by atoms with Gasteiger partial charge in [-0.25, -0.2) is 4.79 Å². The van der Waals surface area contributed by atoms with Crippen LogP contribution in [0.5, 0.6) is 11.5 Å². The zero-order chi connectivity index (χ0) is 13.7. The SMILES string of the molecule is O=C1NCC2CN(C3COc4cc(O)ccc43)CCN12. The molecule has 20 heavy (non-hydrogen) atoms. The summed E-state index contributed by atoms with van der Waals surface area (Å²) in [6, 6.07) is 5.86. The minimum atomic E-state index is 0.0580. The van der Waals surface area contributed by atoms with E-state index in [1.807, 2.05) is 11.0 Å². The van der Waals surface area contributed by atoms with Crippen molar-refractivity contribution in [2.24, 2.45) is 0 Å². The molecule has 2 unspecified atom stereocenters. The molecular formula is C14H17N3O3. The minimum absolute atomic E-state index is 0.0580. The van der Waals surface area contributed by atoms with Gasteiger partial charge in [-0.3, -0.25) is 4.90 Å². The van der Waals surface area contributed by atoms with Gasteiger partial charge in [0.25, 0.3) is 0 Å². The highest BCUT2D eigenvalue weighted by atomic mass is 16.5. The van der Waals surface area contributed by atoms with Crippen molar-refractivity contribution in [3.8, 4) is 11.5 Å². The minimum Gasteiger partial charge on any atom is -0.508 e. The average Bonchev–Trinajstić information content (AvgIpc) is 3.02. The maximum absolute atomic E-state index is 11.6. The molecule has 0 aliphatic carbocycles. The van der Waals surface area contributed by atoms with Crippen molar-refractivity contribution < 1.29 is 14.6 Å². The van der Waals surface area contributed by atoms with Crippen molar-refractivity contribution in [3.63, 3.8) is 0 Å². The summed E-state index contributed by atoms with van der Waals surface area (Å²) in [6.45, 7) is 3.84. The number of nitrogens with one attached hydrogen (secondary N) is 1. The number of hydrogen-bond acceptors (Lipinski definition) is 4. The molecule has 2 N–H and O–H groups in total. The van der Waals surface area contributed by atoms with Gasteiger partial charge in [0, 0.05) is 37.8 Å². The number of benzene rings is 1. The molecule has 0 radical (unpaired) electrons. The highest BCUT2D eigenvalue weighted by Gasteiger charge is 2.39. The van der Waals surface area contributed by atoms with Gasteiger partial charge in [-0.05, 0) is 12.1 Å². The topological polar surface area (TPSA) is 65.0 Å². The fraction of sp³-hybridized carbons (Fsp3) is 0.500. The van der Waals surface area contributed by atoms with Crippen molar-refractivity contribution in [2.45, 2.75) is 12.1 Å². The lowest BCUT2D eigenvalue weighted by atomic mass is 10.0. The Morgan fingerprint density at radius 1 is 1.35 bits per heavy atom. The van der Waals surface area contributed by atoms with Crippen molar-refractivity contribution in [2.75, 3.05) is 32.8 Å². The fourth-order valence-corrected chi connectivity index (χ4v) is 3.40. The van der Waals surface area contributed by atoms with E-state index in [-0.39, 0.29) is 23.9 Å². The van der Waals surface area contributed by atoms with Crippen LogP contribution in [0.25, 0.3) is 0 Å². The predicted octanol–water partition coefficient (Wildman–Crippen LogP) is 0.535. The van der Waals surface area contributed by atoms with E-state index in [1.54, 1.807) is 12.1 Å². The summed E-state index contributed by atoms with van der Waals surface area (Å²) in [5.74, 6) is 1.01. The molecule has 0 saturated carbocycles. The van der Waals surface area contributed by atoms with Crippen LogP contribution >= 0.6 is 0 Å². The number of nitrogens with zero attached hydrogens (tertiary/aromatic N) is 2. The van der Waals surface area contributed by atoms with Crippen molar-refractivity contribution >= 4 is 6.03 Å². The molecule has 3 aliphatic rings. The maximum atomic E-state index is 11.6. The first-order valence-electron chi connectivity index (χ1n) is 6.96. The average molecular weight is 275 g/mol. The first-order valence-corrected chi connectivity index (χ1v) is 6.96. The molecule has 6 heteroatoms. The Balaban J connectivity index is 1.55. The molecule has 2 atom stereocenters. The Labute approximate surface area is 116 Å². The number of piperazine rings is 1. The monoisotopic (exact) mass is 275 g/mol. The molecule has 0 aromatic heterocycles. The zero-order valence-corrected chi connectivity index (χ0v) is 11.1. The summed E-state index contributed by atoms with van der Waals surface area (Å²) in [5.41, 5.74) is 1.13. The van der Waals surface area contributed by atoms with E-state index in [0.717, 1.165) is 37.5 Å². The van der Waals surface area contributed by atoms with Crippen molar-refractivity contribution in [1.82, 2.24) is 15.1 Å². The lowest BCUT2D eigenvalue weighted by Crippen LogP contribution is -2.53. The van der Waals surface area contributed by atoms with Gasteiger partial charge < -0.3 is 20.1 Å². The van der Waals surface area contributed by atoms with Crippen LogP contribution in [0.3, 0.4) is 0 Å². The molecule has 2 amide bonds. The van der Waals surface area contributed by atoms with Crippen molar-refractivity contribution in [3.05, 3.63) is 23.8 Å². The van der Waals surface area contributed by atoms with E-state index in [4.69, 9.17) is 4.74 Å². The van der Waals surface area contributed by atoms with Crippen LogP contribution in [0.1, 0.15) is 11.6 Å². The lowest BCUT2D eigenvalue weighted by Gasteiger charge is -2.39. The predicted molar refractivity (Wildman–Crippen MR) is 71.8 cm³/mol. The van der Waals surface area contributed by atoms with Crippen LogP contribution in [-0.2, 0) is 0 Å². The van der Waals surface area contributed by atoms with Crippen molar-refractivity contribution in [1.29, 1.82) is 0 Å². The number of amides is 2. The van der Waals surface area contributed by atoms with Gasteiger partial charge in [0.2, 0.25) is 0 Å². The fourth-order valence-electron chi connectivity index (χ4n) is 3.40. The van der Waals surface area contributed by atoms with E-state index in [9.17, 15) is 9.90 Å². The van der Waals surface area contributed by atoms with Gasteiger partial charge in [0.1, 0.15) is 18.1 Å². The third kappa shape index (κ3) is 1.71. The Morgan fingerprint density at radius 2 is 2.25 bits per heavy atom. The molecule has 106 valence electrons. The van der Waals surface area contributed by atoms with Crippen LogP contribution in [0.2, 0.25) is 0 Å². The van der Waals surface area contributed by atoms with Gasteiger partial charge in [0.15, 0.2) is 0 Å². The number of carbonyl (C=O) groups is 1. The van der Waals surface area contributed by atoms with E-state index >= 15 is 0 Å². The number of urea groups is 1. The standard InChI is InChI=1S/C14H17N3O3/c18-10-1-2-11-12(8-20-13(11)5-10)16-3-4-17-9(7-16)6-15-14(17)19/h1-2,5,9,12,18H,3-4,6-8H2,(H,15,19). The Morgan fingerprint density at radius 3 is 3.15 bits per heavy atom. The number of fused-ring (bicyclic) bond motifs is 2. The molecule has 1 aromatic rings. The van der Waals surface area contributed by atoms with Crippen LogP contribution < -0.4 is 10.1 Å². The number of hydrogen-bond donors (Lipinski definition) is 2. The van der Waals surface area contributed by atoms with Crippen LogP contribution in [0.15, 0.2) is 18.2 Å². The highest BCUT2D eigenvalue weighted by Crippen LogP contribution is 2.38. The molecule has 4 rings (SSSR count). The molecule has 1 aromatic carbocycles. The Kier molecular flexibility index (Phi) is 2.53. The zero-order valence-electron chi connectivity index (χ0n) is 11.1. The van der Waals surface area contributed by atoms with E-state index in [0.29, 0.717) is 6.61 Å². The van der Waals surface area contributed by atoms with E-state index in [2.05, 4.69) is 10.2 Å². The lowest BCUT2D eigenvalue weighted by molar-refractivity contribution is 0.0780. The van der Waals surface area contributed by atoms with Gasteiger partial charge >= 0.3 is 6.03 Å². The summed E-state index contributed by atoms with van der Waals surface area (Å²) in [5, 5.41) is 12.4. The molecule has 3 heterocycles. The second-order valence-electron chi connectivity index (χ2n) is 5.58. The quantitative estimate of drug-likeness (QED) is 0.785. The molecule has 0 spiro atoms. The smallest absolute Gasteiger partial charge is 0.317 e. The molecule has 2 saturated heterocycles. The third-order valence-corrected chi connectivity index (χ3v) is 4.46. The second-order valence-corrected chi connectivity index (χ2v) is 5.58. The Hall–Kier alpha value is -1.95.